The van der Waals surface area contributed by atoms with E-state index in [2.05, 4.69) is 0 Å². The molecule has 0 saturated carbocycles. The first-order valence-electron chi connectivity index (χ1n) is 3.67. The first-order valence-corrected chi connectivity index (χ1v) is 3.67. The molecule has 64 valence electrons. The number of hydrogen-bond donors (Lipinski definition) is 2. The maximum absolute atomic E-state index is 10.2. The van der Waals surface area contributed by atoms with Gasteiger partial charge >= 0.3 is 5.97 Å². The molecule has 12 heavy (non-hydrogen) atoms. The van der Waals surface area contributed by atoms with Gasteiger partial charge in [-0.1, -0.05) is 24.3 Å². The lowest BCUT2D eigenvalue weighted by atomic mass is 10.0. The first kappa shape index (κ1) is 8.59. The minimum Gasteiger partial charge on any atom is -0.502 e. The number of aliphatic hydroxyl groups is 1. The second-order valence-corrected chi connectivity index (χ2v) is 2.57. The third-order valence-corrected chi connectivity index (χ3v) is 1.60. The van der Waals surface area contributed by atoms with E-state index in [0.29, 0.717) is 0 Å². The van der Waals surface area contributed by atoms with Crippen molar-refractivity contribution in [3.63, 3.8) is 0 Å². The molecule has 0 saturated heterocycles. The van der Waals surface area contributed by atoms with E-state index in [1.807, 2.05) is 24.3 Å². The Morgan fingerprint density at radius 3 is 2.67 bits per heavy atom. The Morgan fingerprint density at radius 1 is 1.42 bits per heavy atom. The Kier molecular flexibility index (Phi) is 2.69. The number of aliphatic carboxylic acids is 1. The van der Waals surface area contributed by atoms with Crippen molar-refractivity contribution < 1.29 is 15.0 Å². The highest BCUT2D eigenvalue weighted by atomic mass is 16.4. The SMILES string of the molecule is O=C(O)C(O)=CC1C=CC=CC1. The average molecular weight is 166 g/mol. The molecule has 1 unspecified atom stereocenters. The van der Waals surface area contributed by atoms with E-state index in [0.717, 1.165) is 6.42 Å². The van der Waals surface area contributed by atoms with E-state index >= 15 is 0 Å². The highest BCUT2D eigenvalue weighted by Gasteiger charge is 2.08. The van der Waals surface area contributed by atoms with Gasteiger partial charge in [0.05, 0.1) is 0 Å². The molecule has 1 atom stereocenters. The maximum atomic E-state index is 10.2. The van der Waals surface area contributed by atoms with Crippen LogP contribution in [0.1, 0.15) is 6.42 Å². The lowest BCUT2D eigenvalue weighted by Gasteiger charge is -2.06. The van der Waals surface area contributed by atoms with Crippen molar-refractivity contribution in [1.29, 1.82) is 0 Å². The predicted octanol–water partition coefficient (Wildman–Crippen LogP) is 1.65. The van der Waals surface area contributed by atoms with Gasteiger partial charge in [-0.25, -0.2) is 4.79 Å². The number of aliphatic hydroxyl groups excluding tert-OH is 1. The molecule has 3 heteroatoms. The fourth-order valence-electron chi connectivity index (χ4n) is 0.997. The van der Waals surface area contributed by atoms with Crippen LogP contribution in [0.2, 0.25) is 0 Å². The molecule has 1 aliphatic rings. The fraction of sp³-hybridized carbons (Fsp3) is 0.222. The normalized spacial score (nSPS) is 22.7. The summed E-state index contributed by atoms with van der Waals surface area (Å²) in [6.07, 6.45) is 9.58. The van der Waals surface area contributed by atoms with Crippen molar-refractivity contribution in [3.8, 4) is 0 Å². The maximum Gasteiger partial charge on any atom is 0.370 e. The highest BCUT2D eigenvalue weighted by Crippen LogP contribution is 2.14. The number of allylic oxidation sites excluding steroid dienone is 5. The van der Waals surface area contributed by atoms with Crippen LogP contribution in [-0.4, -0.2) is 16.2 Å². The molecule has 0 heterocycles. The minimum absolute atomic E-state index is 0.00565. The van der Waals surface area contributed by atoms with Crippen LogP contribution in [0.15, 0.2) is 36.1 Å². The van der Waals surface area contributed by atoms with Crippen LogP contribution in [0.3, 0.4) is 0 Å². The molecule has 0 spiro atoms. The molecule has 0 aliphatic heterocycles. The van der Waals surface area contributed by atoms with Crippen molar-refractivity contribution in [2.45, 2.75) is 6.42 Å². The van der Waals surface area contributed by atoms with Crippen molar-refractivity contribution in [1.82, 2.24) is 0 Å². The third kappa shape index (κ3) is 2.27. The van der Waals surface area contributed by atoms with Crippen LogP contribution in [0.5, 0.6) is 0 Å². The molecular formula is C9H10O3. The quantitative estimate of drug-likeness (QED) is 0.484. The third-order valence-electron chi connectivity index (χ3n) is 1.60. The molecule has 0 fully saturated rings. The Bertz CT molecular complexity index is 261. The van der Waals surface area contributed by atoms with Crippen LogP contribution >= 0.6 is 0 Å². The van der Waals surface area contributed by atoms with Gasteiger partial charge in [-0.3, -0.25) is 0 Å². The van der Waals surface area contributed by atoms with Gasteiger partial charge in [-0.2, -0.15) is 0 Å². The number of carboxylic acids is 1. The standard InChI is InChI=1S/C9H10O3/c10-8(9(11)12)6-7-4-2-1-3-5-7/h1-4,6-7,10H,5H2,(H,11,12). The van der Waals surface area contributed by atoms with Crippen LogP contribution in [0, 0.1) is 5.92 Å². The molecule has 0 aromatic heterocycles. The van der Waals surface area contributed by atoms with Crippen molar-refractivity contribution >= 4 is 5.97 Å². The number of carbonyl (C=O) groups is 1. The van der Waals surface area contributed by atoms with E-state index in [9.17, 15) is 4.79 Å². The predicted molar refractivity (Wildman–Crippen MR) is 44.7 cm³/mol. The molecule has 0 amide bonds. The van der Waals surface area contributed by atoms with Crippen LogP contribution < -0.4 is 0 Å². The van der Waals surface area contributed by atoms with E-state index < -0.39 is 11.7 Å². The zero-order chi connectivity index (χ0) is 8.97. The minimum atomic E-state index is -1.28. The summed E-state index contributed by atoms with van der Waals surface area (Å²) >= 11 is 0. The smallest absolute Gasteiger partial charge is 0.370 e. The van der Waals surface area contributed by atoms with Gasteiger partial charge in [0.15, 0.2) is 5.76 Å². The van der Waals surface area contributed by atoms with Gasteiger partial charge in [0.1, 0.15) is 0 Å². The number of hydrogen-bond acceptors (Lipinski definition) is 2. The lowest BCUT2D eigenvalue weighted by Crippen LogP contribution is -2.03. The molecule has 0 bridgehead atoms. The lowest BCUT2D eigenvalue weighted by molar-refractivity contribution is -0.135. The molecule has 1 rings (SSSR count). The van der Waals surface area contributed by atoms with E-state index in [4.69, 9.17) is 10.2 Å². The van der Waals surface area contributed by atoms with Gasteiger partial charge in [0.25, 0.3) is 0 Å². The highest BCUT2D eigenvalue weighted by molar-refractivity contribution is 5.83. The van der Waals surface area contributed by atoms with Gasteiger partial charge < -0.3 is 10.2 Å². The zero-order valence-electron chi connectivity index (χ0n) is 6.47. The molecule has 0 aromatic rings. The second-order valence-electron chi connectivity index (χ2n) is 2.57. The zero-order valence-corrected chi connectivity index (χ0v) is 6.47. The summed E-state index contributed by atoms with van der Waals surface area (Å²) in [4.78, 5) is 10.2. The van der Waals surface area contributed by atoms with Crippen molar-refractivity contribution in [3.05, 3.63) is 36.1 Å². The summed E-state index contributed by atoms with van der Waals surface area (Å²) in [5.41, 5.74) is 0. The second kappa shape index (κ2) is 3.76. The summed E-state index contributed by atoms with van der Waals surface area (Å²) in [6.45, 7) is 0. The van der Waals surface area contributed by atoms with Gasteiger partial charge in [0, 0.05) is 5.92 Å². The average Bonchev–Trinajstić information content (AvgIpc) is 2.06. The summed E-state index contributed by atoms with van der Waals surface area (Å²) < 4.78 is 0. The molecular weight excluding hydrogens is 156 g/mol. The Hall–Kier alpha value is -1.51. The number of rotatable bonds is 2. The number of carboxylic acid groups (broad SMARTS) is 1. The van der Waals surface area contributed by atoms with Gasteiger partial charge in [-0.15, -0.1) is 0 Å². The molecule has 3 nitrogen and oxygen atoms in total. The summed E-state index contributed by atoms with van der Waals surface area (Å²) in [5, 5.41) is 17.2. The molecule has 0 aromatic carbocycles. The van der Waals surface area contributed by atoms with Crippen LogP contribution in [0.25, 0.3) is 0 Å². The topological polar surface area (TPSA) is 57.5 Å². The fourth-order valence-corrected chi connectivity index (χ4v) is 0.997. The van der Waals surface area contributed by atoms with Crippen molar-refractivity contribution in [2.75, 3.05) is 0 Å². The van der Waals surface area contributed by atoms with Gasteiger partial charge in [0.2, 0.25) is 0 Å². The van der Waals surface area contributed by atoms with E-state index in [1.54, 1.807) is 0 Å². The van der Waals surface area contributed by atoms with Crippen LogP contribution in [0.4, 0.5) is 0 Å². The van der Waals surface area contributed by atoms with Crippen molar-refractivity contribution in [2.24, 2.45) is 5.92 Å². The molecule has 0 radical (unpaired) electrons. The largest absolute Gasteiger partial charge is 0.502 e. The summed E-state index contributed by atoms with van der Waals surface area (Å²) in [5.74, 6) is -1.86. The van der Waals surface area contributed by atoms with Crippen LogP contribution in [-0.2, 0) is 4.79 Å². The monoisotopic (exact) mass is 166 g/mol. The molecule has 2 N–H and O–H groups in total. The Balaban J connectivity index is 2.61. The summed E-state index contributed by atoms with van der Waals surface area (Å²) in [7, 11) is 0. The Labute approximate surface area is 70.3 Å². The van der Waals surface area contributed by atoms with E-state index in [1.165, 1.54) is 6.08 Å². The Morgan fingerprint density at radius 2 is 2.17 bits per heavy atom. The van der Waals surface area contributed by atoms with E-state index in [-0.39, 0.29) is 5.92 Å². The van der Waals surface area contributed by atoms with Gasteiger partial charge in [-0.05, 0) is 12.5 Å². The summed E-state index contributed by atoms with van der Waals surface area (Å²) in [6, 6.07) is 0. The molecule has 1 aliphatic carbocycles. The first-order chi connectivity index (χ1) is 5.70.